The molecule has 1 aliphatic carbocycles. The van der Waals surface area contributed by atoms with Crippen molar-refractivity contribution in [2.45, 2.75) is 42.0 Å². The van der Waals surface area contributed by atoms with Crippen LogP contribution in [0.2, 0.25) is 5.02 Å². The number of sulfonamides is 1. The third-order valence-electron chi connectivity index (χ3n) is 3.11. The van der Waals surface area contributed by atoms with Crippen molar-refractivity contribution in [1.29, 1.82) is 0 Å². The highest BCUT2D eigenvalue weighted by molar-refractivity contribution is 7.89. The monoisotopic (exact) mass is 307 g/mol. The zero-order chi connectivity index (χ0) is 13.2. The Kier molecular flexibility index (Phi) is 4.54. The second-order valence-electron chi connectivity index (χ2n) is 4.48. The minimum atomic E-state index is -3.50. The fraction of sp³-hybridized carbons (Fsp3) is 0.500. The van der Waals surface area contributed by atoms with Crippen LogP contribution in [0.15, 0.2) is 29.2 Å². The maximum atomic E-state index is 12.1. The van der Waals surface area contributed by atoms with Crippen LogP contribution in [0.4, 0.5) is 0 Å². The summed E-state index contributed by atoms with van der Waals surface area (Å²) in [6.45, 7) is 0. The van der Waals surface area contributed by atoms with Crippen LogP contribution in [0.3, 0.4) is 0 Å². The number of hydrogen-bond donors (Lipinski definition) is 1. The van der Waals surface area contributed by atoms with Crippen LogP contribution in [0.5, 0.6) is 0 Å². The molecule has 0 aromatic heterocycles. The van der Waals surface area contributed by atoms with Crippen LogP contribution in [0, 0.1) is 0 Å². The van der Waals surface area contributed by atoms with Gasteiger partial charge in [-0.3, -0.25) is 0 Å². The van der Waals surface area contributed by atoms with Gasteiger partial charge >= 0.3 is 0 Å². The van der Waals surface area contributed by atoms with E-state index in [1.54, 1.807) is 12.1 Å². The Labute approximate surface area is 118 Å². The highest BCUT2D eigenvalue weighted by atomic mass is 35.5. The first-order valence-corrected chi connectivity index (χ1v) is 8.21. The van der Waals surface area contributed by atoms with Crippen molar-refractivity contribution in [3.8, 4) is 0 Å². The Bertz CT molecular complexity index is 501. The number of rotatable bonds is 3. The second-order valence-corrected chi connectivity index (χ2v) is 7.19. The van der Waals surface area contributed by atoms with Crippen molar-refractivity contribution < 1.29 is 8.42 Å². The number of benzene rings is 1. The van der Waals surface area contributed by atoms with Crippen molar-refractivity contribution in [3.05, 3.63) is 29.3 Å². The van der Waals surface area contributed by atoms with Gasteiger partial charge in [0.25, 0.3) is 0 Å². The second kappa shape index (κ2) is 5.78. The highest BCUT2D eigenvalue weighted by Gasteiger charge is 2.27. The maximum absolute atomic E-state index is 12.1. The summed E-state index contributed by atoms with van der Waals surface area (Å²) in [5, 5.41) is 0.391. The Morgan fingerprint density at radius 1 is 1.11 bits per heavy atom. The summed E-state index contributed by atoms with van der Waals surface area (Å²) in [7, 11) is -3.50. The fourth-order valence-corrected chi connectivity index (χ4v) is 3.95. The lowest BCUT2D eigenvalue weighted by Gasteiger charge is -2.27. The van der Waals surface area contributed by atoms with E-state index in [0.29, 0.717) is 5.02 Å². The van der Waals surface area contributed by atoms with Gasteiger partial charge < -0.3 is 0 Å². The summed E-state index contributed by atoms with van der Waals surface area (Å²) in [4.78, 5) is 0.223. The molecular weight excluding hydrogens is 293 g/mol. The molecular formula is C12H15Cl2NO2S. The van der Waals surface area contributed by atoms with Gasteiger partial charge in [-0.2, -0.15) is 0 Å². The molecule has 100 valence electrons. The Morgan fingerprint density at radius 2 is 1.72 bits per heavy atom. The summed E-state index contributed by atoms with van der Waals surface area (Å²) in [6, 6.07) is 5.94. The molecule has 3 nitrogen and oxygen atoms in total. The van der Waals surface area contributed by atoms with E-state index in [0.717, 1.165) is 25.7 Å². The first kappa shape index (κ1) is 14.1. The van der Waals surface area contributed by atoms with Crippen molar-refractivity contribution in [2.24, 2.45) is 0 Å². The van der Waals surface area contributed by atoms with Gasteiger partial charge in [-0.25, -0.2) is 13.1 Å². The number of halogens is 2. The molecule has 1 aromatic carbocycles. The largest absolute Gasteiger partial charge is 0.240 e. The predicted octanol–water partition coefficient (Wildman–Crippen LogP) is 3.17. The zero-order valence-electron chi connectivity index (χ0n) is 9.77. The van der Waals surface area contributed by atoms with Crippen LogP contribution in [0.25, 0.3) is 0 Å². The number of nitrogens with one attached hydrogen (secondary N) is 1. The first-order valence-electron chi connectivity index (χ1n) is 5.91. The highest BCUT2D eigenvalue weighted by Crippen LogP contribution is 2.24. The molecule has 0 radical (unpaired) electrons. The third kappa shape index (κ3) is 3.38. The zero-order valence-corrected chi connectivity index (χ0v) is 12.1. The molecule has 0 unspecified atom stereocenters. The topological polar surface area (TPSA) is 46.2 Å². The standard InChI is InChI=1S/C12H15Cl2NO2S/c13-9-5-7-10(8-6-9)18(16,17)15-12-4-2-1-3-11(12)14/h5-8,11-12,15H,1-4H2/t11-,12-/m1/s1. The van der Waals surface area contributed by atoms with E-state index < -0.39 is 10.0 Å². The summed E-state index contributed by atoms with van der Waals surface area (Å²) in [5.74, 6) is 0. The van der Waals surface area contributed by atoms with Gasteiger partial charge in [-0.15, -0.1) is 11.6 Å². The molecule has 1 aromatic rings. The lowest BCUT2D eigenvalue weighted by Crippen LogP contribution is -2.42. The predicted molar refractivity (Wildman–Crippen MR) is 73.7 cm³/mol. The van der Waals surface area contributed by atoms with Gasteiger partial charge in [0.05, 0.1) is 4.90 Å². The minimum Gasteiger partial charge on any atom is -0.207 e. The molecule has 0 spiro atoms. The van der Waals surface area contributed by atoms with Gasteiger partial charge in [0.1, 0.15) is 0 Å². The van der Waals surface area contributed by atoms with Crippen molar-refractivity contribution >= 4 is 33.2 Å². The Morgan fingerprint density at radius 3 is 2.33 bits per heavy atom. The van der Waals surface area contributed by atoms with Crippen LogP contribution < -0.4 is 4.72 Å². The van der Waals surface area contributed by atoms with Crippen molar-refractivity contribution in [2.75, 3.05) is 0 Å². The molecule has 1 saturated carbocycles. The van der Waals surface area contributed by atoms with E-state index in [4.69, 9.17) is 23.2 Å². The molecule has 0 bridgehead atoms. The van der Waals surface area contributed by atoms with Crippen molar-refractivity contribution in [3.63, 3.8) is 0 Å². The summed E-state index contributed by atoms with van der Waals surface area (Å²) < 4.78 is 27.0. The average Bonchev–Trinajstić information content (AvgIpc) is 2.32. The summed E-state index contributed by atoms with van der Waals surface area (Å²) in [5.41, 5.74) is 0. The maximum Gasteiger partial charge on any atom is 0.240 e. The molecule has 0 heterocycles. The lowest BCUT2D eigenvalue weighted by atomic mass is 9.96. The number of hydrogen-bond acceptors (Lipinski definition) is 2. The normalized spacial score (nSPS) is 25.0. The molecule has 2 rings (SSSR count). The van der Waals surface area contributed by atoms with Crippen LogP contribution in [-0.2, 0) is 10.0 Å². The molecule has 1 fully saturated rings. The molecule has 0 amide bonds. The summed E-state index contributed by atoms with van der Waals surface area (Å²) >= 11 is 11.9. The smallest absolute Gasteiger partial charge is 0.207 e. The van der Waals surface area contributed by atoms with E-state index in [2.05, 4.69) is 4.72 Å². The quantitative estimate of drug-likeness (QED) is 0.872. The van der Waals surface area contributed by atoms with Crippen LogP contribution in [-0.4, -0.2) is 19.8 Å². The SMILES string of the molecule is O=S(=O)(N[C@@H]1CCCC[C@H]1Cl)c1ccc(Cl)cc1. The van der Waals surface area contributed by atoms with Gasteiger partial charge in [0.2, 0.25) is 10.0 Å². The molecule has 1 aliphatic rings. The van der Waals surface area contributed by atoms with E-state index in [9.17, 15) is 8.42 Å². The van der Waals surface area contributed by atoms with Crippen LogP contribution in [0.1, 0.15) is 25.7 Å². The van der Waals surface area contributed by atoms with Gasteiger partial charge in [-0.05, 0) is 37.1 Å². The van der Waals surface area contributed by atoms with Crippen molar-refractivity contribution in [1.82, 2.24) is 4.72 Å². The van der Waals surface area contributed by atoms with Gasteiger partial charge in [-0.1, -0.05) is 24.4 Å². The third-order valence-corrected chi connectivity index (χ3v) is 5.39. The van der Waals surface area contributed by atoms with E-state index in [1.807, 2.05) is 0 Å². The van der Waals surface area contributed by atoms with Gasteiger partial charge in [0.15, 0.2) is 0 Å². The molecule has 1 N–H and O–H groups in total. The molecule has 2 atom stereocenters. The first-order chi connectivity index (χ1) is 8.49. The Balaban J connectivity index is 2.13. The van der Waals surface area contributed by atoms with E-state index in [1.165, 1.54) is 12.1 Å². The molecule has 0 saturated heterocycles. The molecule has 0 aliphatic heterocycles. The lowest BCUT2D eigenvalue weighted by molar-refractivity contribution is 0.418. The summed E-state index contributed by atoms with van der Waals surface area (Å²) in [6.07, 6.45) is 3.72. The minimum absolute atomic E-state index is 0.124. The van der Waals surface area contributed by atoms with E-state index in [-0.39, 0.29) is 16.3 Å². The van der Waals surface area contributed by atoms with E-state index >= 15 is 0 Å². The average molecular weight is 308 g/mol. The molecule has 18 heavy (non-hydrogen) atoms. The molecule has 6 heteroatoms. The number of alkyl halides is 1. The fourth-order valence-electron chi connectivity index (χ4n) is 2.10. The van der Waals surface area contributed by atoms with Crippen LogP contribution >= 0.6 is 23.2 Å². The van der Waals surface area contributed by atoms with Gasteiger partial charge in [0, 0.05) is 16.4 Å². The Hall–Kier alpha value is -0.290.